The first-order valence-electron chi connectivity index (χ1n) is 6.87. The molecule has 1 saturated carbocycles. The van der Waals surface area contributed by atoms with Gasteiger partial charge in [-0.1, -0.05) is 0 Å². The van der Waals surface area contributed by atoms with E-state index in [1.807, 2.05) is 0 Å². The molecular formula is C14H20N2O4. The summed E-state index contributed by atoms with van der Waals surface area (Å²) in [5.41, 5.74) is 0.683. The van der Waals surface area contributed by atoms with Crippen molar-refractivity contribution >= 4 is 11.4 Å². The molecule has 1 aromatic carbocycles. The van der Waals surface area contributed by atoms with Crippen LogP contribution in [0.5, 0.6) is 5.75 Å². The molecule has 0 radical (unpaired) electrons. The minimum Gasteiger partial charge on any atom is -0.496 e. The highest BCUT2D eigenvalue weighted by atomic mass is 16.6. The number of nitrogens with zero attached hydrogens (tertiary/aromatic N) is 2. The van der Waals surface area contributed by atoms with Crippen molar-refractivity contribution in [3.05, 3.63) is 28.3 Å². The topological polar surface area (TPSA) is 75.8 Å². The third kappa shape index (κ3) is 3.01. The highest BCUT2D eigenvalue weighted by Crippen LogP contribution is 2.37. The van der Waals surface area contributed by atoms with Crippen LogP contribution in [0.15, 0.2) is 18.2 Å². The van der Waals surface area contributed by atoms with Gasteiger partial charge in [0.25, 0.3) is 5.69 Å². The molecule has 1 aromatic rings. The fourth-order valence-electron chi connectivity index (χ4n) is 2.46. The monoisotopic (exact) mass is 280 g/mol. The van der Waals surface area contributed by atoms with E-state index in [1.54, 1.807) is 12.1 Å². The Labute approximate surface area is 118 Å². The molecule has 1 aliphatic carbocycles. The van der Waals surface area contributed by atoms with Crippen molar-refractivity contribution in [3.63, 3.8) is 0 Å². The first-order valence-corrected chi connectivity index (χ1v) is 6.87. The number of methoxy groups -OCH3 is 1. The van der Waals surface area contributed by atoms with Crippen molar-refractivity contribution in [2.24, 2.45) is 0 Å². The van der Waals surface area contributed by atoms with Crippen LogP contribution in [0.2, 0.25) is 0 Å². The summed E-state index contributed by atoms with van der Waals surface area (Å²) < 4.78 is 5.06. The zero-order valence-electron chi connectivity index (χ0n) is 11.6. The van der Waals surface area contributed by atoms with E-state index in [2.05, 4.69) is 4.90 Å². The van der Waals surface area contributed by atoms with Gasteiger partial charge in [0.1, 0.15) is 11.4 Å². The number of nitro benzene ring substituents is 1. The summed E-state index contributed by atoms with van der Waals surface area (Å²) in [6.45, 7) is 0.724. The van der Waals surface area contributed by atoms with Crippen LogP contribution in [0.25, 0.3) is 0 Å². The zero-order valence-corrected chi connectivity index (χ0v) is 11.6. The molecule has 1 aliphatic rings. The predicted octanol–water partition coefficient (Wildman–Crippen LogP) is 2.34. The largest absolute Gasteiger partial charge is 0.496 e. The van der Waals surface area contributed by atoms with E-state index < -0.39 is 0 Å². The van der Waals surface area contributed by atoms with Crippen LogP contribution in [0.3, 0.4) is 0 Å². The second-order valence-electron chi connectivity index (χ2n) is 4.97. The highest BCUT2D eigenvalue weighted by molar-refractivity contribution is 5.66. The normalized spacial score (nSPS) is 14.7. The molecule has 0 aliphatic heterocycles. The Bertz CT molecular complexity index is 474. The van der Waals surface area contributed by atoms with E-state index in [0.717, 1.165) is 19.3 Å². The molecule has 0 heterocycles. The Hall–Kier alpha value is -1.82. The van der Waals surface area contributed by atoms with Gasteiger partial charge < -0.3 is 14.7 Å². The molecule has 20 heavy (non-hydrogen) atoms. The molecule has 6 nitrogen and oxygen atoms in total. The van der Waals surface area contributed by atoms with Gasteiger partial charge in [-0.15, -0.1) is 0 Å². The molecule has 0 saturated heterocycles. The molecule has 6 heteroatoms. The minimum atomic E-state index is -0.373. The number of nitro groups is 1. The van der Waals surface area contributed by atoms with Gasteiger partial charge in [0.2, 0.25) is 0 Å². The number of anilines is 1. The number of benzene rings is 1. The summed E-state index contributed by atoms with van der Waals surface area (Å²) >= 11 is 0. The molecule has 0 amide bonds. The van der Waals surface area contributed by atoms with Crippen molar-refractivity contribution in [1.82, 2.24) is 0 Å². The van der Waals surface area contributed by atoms with Gasteiger partial charge in [-0.2, -0.15) is 0 Å². The minimum absolute atomic E-state index is 0.0641. The van der Waals surface area contributed by atoms with Gasteiger partial charge in [-0.05, 0) is 37.8 Å². The average Bonchev–Trinajstić information content (AvgIpc) is 2.40. The summed E-state index contributed by atoms with van der Waals surface area (Å²) in [7, 11) is 1.49. The number of aliphatic hydroxyl groups is 1. The Kier molecular flexibility index (Phi) is 4.79. The van der Waals surface area contributed by atoms with Crippen molar-refractivity contribution in [1.29, 1.82) is 0 Å². The van der Waals surface area contributed by atoms with E-state index in [-0.39, 0.29) is 17.2 Å². The standard InChI is InChI=1S/C14H20N2O4/c1-20-12-6-7-13(14(10-12)16(18)19)15(8-3-9-17)11-4-2-5-11/h6-7,10-11,17H,2-5,8-9H2,1H3. The van der Waals surface area contributed by atoms with Gasteiger partial charge in [0, 0.05) is 19.2 Å². The summed E-state index contributed by atoms with van der Waals surface area (Å²) in [6, 6.07) is 5.29. The molecule has 0 bridgehead atoms. The quantitative estimate of drug-likeness (QED) is 0.613. The second-order valence-corrected chi connectivity index (χ2v) is 4.97. The fourth-order valence-corrected chi connectivity index (χ4v) is 2.46. The second kappa shape index (κ2) is 6.56. The molecule has 0 unspecified atom stereocenters. The Morgan fingerprint density at radius 2 is 2.25 bits per heavy atom. The fraction of sp³-hybridized carbons (Fsp3) is 0.571. The van der Waals surface area contributed by atoms with Crippen molar-refractivity contribution in [2.45, 2.75) is 31.7 Å². The van der Waals surface area contributed by atoms with E-state index in [0.29, 0.717) is 30.4 Å². The SMILES string of the molecule is COc1ccc(N(CCCO)C2CCC2)c([N+](=O)[O-])c1. The molecule has 2 rings (SSSR count). The van der Waals surface area contributed by atoms with Crippen LogP contribution in [-0.2, 0) is 0 Å². The maximum absolute atomic E-state index is 11.3. The maximum atomic E-state index is 11.3. The third-order valence-corrected chi connectivity index (χ3v) is 3.76. The lowest BCUT2D eigenvalue weighted by Gasteiger charge is -2.39. The number of hydrogen-bond acceptors (Lipinski definition) is 5. The summed E-state index contributed by atoms with van der Waals surface area (Å²) in [4.78, 5) is 13.0. The Morgan fingerprint density at radius 1 is 1.50 bits per heavy atom. The summed E-state index contributed by atoms with van der Waals surface area (Å²) in [5.74, 6) is 0.483. The number of rotatable bonds is 7. The number of hydrogen-bond donors (Lipinski definition) is 1. The van der Waals surface area contributed by atoms with Gasteiger partial charge in [-0.25, -0.2) is 0 Å². The van der Waals surface area contributed by atoms with Gasteiger partial charge >= 0.3 is 0 Å². The molecular weight excluding hydrogens is 260 g/mol. The summed E-state index contributed by atoms with van der Waals surface area (Å²) in [6.07, 6.45) is 3.87. The lowest BCUT2D eigenvalue weighted by molar-refractivity contribution is -0.384. The average molecular weight is 280 g/mol. The van der Waals surface area contributed by atoms with Crippen LogP contribution >= 0.6 is 0 Å². The van der Waals surface area contributed by atoms with Crippen molar-refractivity contribution < 1.29 is 14.8 Å². The summed E-state index contributed by atoms with van der Waals surface area (Å²) in [5, 5.41) is 20.3. The van der Waals surface area contributed by atoms with Crippen LogP contribution in [0, 0.1) is 10.1 Å². The highest BCUT2D eigenvalue weighted by Gasteiger charge is 2.29. The van der Waals surface area contributed by atoms with Crippen molar-refractivity contribution in [3.8, 4) is 5.75 Å². The lowest BCUT2D eigenvalue weighted by Crippen LogP contribution is -2.41. The smallest absolute Gasteiger partial charge is 0.296 e. The molecule has 0 atom stereocenters. The number of ether oxygens (including phenoxy) is 1. The molecule has 1 fully saturated rings. The molecule has 0 spiro atoms. The Morgan fingerprint density at radius 3 is 2.75 bits per heavy atom. The van der Waals surface area contributed by atoms with Gasteiger partial charge in [-0.3, -0.25) is 10.1 Å². The van der Waals surface area contributed by atoms with Gasteiger partial charge in [0.15, 0.2) is 0 Å². The van der Waals surface area contributed by atoms with Crippen LogP contribution < -0.4 is 9.64 Å². The van der Waals surface area contributed by atoms with E-state index in [4.69, 9.17) is 9.84 Å². The van der Waals surface area contributed by atoms with E-state index >= 15 is 0 Å². The lowest BCUT2D eigenvalue weighted by atomic mass is 9.90. The molecule has 1 N–H and O–H groups in total. The Balaban J connectivity index is 2.32. The van der Waals surface area contributed by atoms with E-state index in [9.17, 15) is 10.1 Å². The van der Waals surface area contributed by atoms with Crippen LogP contribution in [0.1, 0.15) is 25.7 Å². The number of aliphatic hydroxyl groups excluding tert-OH is 1. The van der Waals surface area contributed by atoms with Crippen LogP contribution in [0.4, 0.5) is 11.4 Å². The van der Waals surface area contributed by atoms with Gasteiger partial charge in [0.05, 0.1) is 18.1 Å². The van der Waals surface area contributed by atoms with Crippen molar-refractivity contribution in [2.75, 3.05) is 25.2 Å². The first kappa shape index (κ1) is 14.6. The van der Waals surface area contributed by atoms with Crippen LogP contribution in [-0.4, -0.2) is 36.3 Å². The third-order valence-electron chi connectivity index (χ3n) is 3.76. The maximum Gasteiger partial charge on any atom is 0.296 e. The van der Waals surface area contributed by atoms with E-state index in [1.165, 1.54) is 13.2 Å². The predicted molar refractivity (Wildman–Crippen MR) is 76.3 cm³/mol. The zero-order chi connectivity index (χ0) is 14.5. The first-order chi connectivity index (χ1) is 9.67. The molecule has 110 valence electrons. The molecule has 0 aromatic heterocycles.